The summed E-state index contributed by atoms with van der Waals surface area (Å²) in [5, 5.41) is 0. The van der Waals surface area contributed by atoms with E-state index in [0.29, 0.717) is 4.90 Å². The van der Waals surface area contributed by atoms with Gasteiger partial charge in [-0.15, -0.1) is 0 Å². The molecule has 1 saturated heterocycles. The Balaban J connectivity index is 1.54. The molecule has 4 nitrogen and oxygen atoms in total. The van der Waals surface area contributed by atoms with Gasteiger partial charge in [-0.3, -0.25) is 4.90 Å². The van der Waals surface area contributed by atoms with Crippen LogP contribution in [0, 0.1) is 13.8 Å². The lowest BCUT2D eigenvalue weighted by molar-refractivity contribution is 0.200. The number of piperidine rings is 1. The van der Waals surface area contributed by atoms with Crippen LogP contribution in [-0.4, -0.2) is 32.4 Å². The van der Waals surface area contributed by atoms with Crippen molar-refractivity contribution in [3.05, 3.63) is 65.2 Å². The minimum absolute atomic E-state index is 0.0139. The number of aryl methyl sites for hydroxylation is 2. The van der Waals surface area contributed by atoms with Crippen molar-refractivity contribution in [2.24, 2.45) is 0 Å². The summed E-state index contributed by atoms with van der Waals surface area (Å²) < 4.78 is 27.9. The Morgan fingerprint density at radius 3 is 2.32 bits per heavy atom. The number of benzene rings is 2. The highest BCUT2D eigenvalue weighted by atomic mass is 32.2. The lowest BCUT2D eigenvalue weighted by Crippen LogP contribution is -2.44. The Morgan fingerprint density at radius 1 is 1.00 bits per heavy atom. The molecule has 1 heterocycles. The first-order valence-electron chi connectivity index (χ1n) is 8.79. The van der Waals surface area contributed by atoms with Crippen molar-refractivity contribution in [2.75, 3.05) is 13.1 Å². The van der Waals surface area contributed by atoms with Gasteiger partial charge in [-0.05, 0) is 44.4 Å². The smallest absolute Gasteiger partial charge is 0.240 e. The second kappa shape index (κ2) is 7.68. The molecule has 0 aliphatic carbocycles. The minimum Gasteiger partial charge on any atom is -0.299 e. The molecule has 134 valence electrons. The van der Waals surface area contributed by atoms with E-state index in [-0.39, 0.29) is 6.04 Å². The molecular weight excluding hydrogens is 332 g/mol. The molecule has 2 aromatic carbocycles. The summed E-state index contributed by atoms with van der Waals surface area (Å²) >= 11 is 0. The summed E-state index contributed by atoms with van der Waals surface area (Å²) in [4.78, 5) is 2.74. The highest BCUT2D eigenvalue weighted by molar-refractivity contribution is 7.89. The molecule has 0 atom stereocenters. The van der Waals surface area contributed by atoms with Crippen LogP contribution in [0.1, 0.15) is 29.5 Å². The monoisotopic (exact) mass is 358 g/mol. The maximum absolute atomic E-state index is 12.5. The summed E-state index contributed by atoms with van der Waals surface area (Å²) in [7, 11) is -3.43. The molecule has 0 saturated carbocycles. The average Bonchev–Trinajstić information content (AvgIpc) is 2.57. The normalized spacial score (nSPS) is 16.9. The maximum Gasteiger partial charge on any atom is 0.240 e. The summed E-state index contributed by atoms with van der Waals surface area (Å²) in [5.74, 6) is 0. The first kappa shape index (κ1) is 18.1. The van der Waals surface area contributed by atoms with E-state index >= 15 is 0 Å². The van der Waals surface area contributed by atoms with Gasteiger partial charge in [-0.1, -0.05) is 47.5 Å². The van der Waals surface area contributed by atoms with Crippen LogP contribution in [0.25, 0.3) is 0 Å². The molecule has 1 aliphatic heterocycles. The third kappa shape index (κ3) is 4.91. The van der Waals surface area contributed by atoms with E-state index in [2.05, 4.69) is 40.8 Å². The van der Waals surface area contributed by atoms with Gasteiger partial charge in [0, 0.05) is 25.7 Å². The minimum atomic E-state index is -3.43. The van der Waals surface area contributed by atoms with Gasteiger partial charge in [-0.25, -0.2) is 13.1 Å². The van der Waals surface area contributed by atoms with Gasteiger partial charge in [0.15, 0.2) is 0 Å². The largest absolute Gasteiger partial charge is 0.299 e. The molecule has 0 aromatic heterocycles. The first-order chi connectivity index (χ1) is 11.9. The second-order valence-electron chi connectivity index (χ2n) is 6.97. The van der Waals surface area contributed by atoms with Crippen LogP contribution in [0.2, 0.25) is 0 Å². The van der Waals surface area contributed by atoms with Crippen LogP contribution in [0.4, 0.5) is 0 Å². The lowest BCUT2D eigenvalue weighted by atomic mass is 10.0. The number of likely N-dealkylation sites (tertiary alicyclic amines) is 1. The highest BCUT2D eigenvalue weighted by Gasteiger charge is 2.24. The van der Waals surface area contributed by atoms with E-state index in [1.54, 1.807) is 12.1 Å². The van der Waals surface area contributed by atoms with Gasteiger partial charge >= 0.3 is 0 Å². The molecule has 2 aromatic rings. The van der Waals surface area contributed by atoms with E-state index in [9.17, 15) is 8.42 Å². The van der Waals surface area contributed by atoms with Crippen LogP contribution in [0.15, 0.2) is 53.4 Å². The quantitative estimate of drug-likeness (QED) is 0.893. The average molecular weight is 359 g/mol. The first-order valence-corrected chi connectivity index (χ1v) is 10.3. The van der Waals surface area contributed by atoms with Crippen molar-refractivity contribution in [2.45, 2.75) is 44.2 Å². The maximum atomic E-state index is 12.5. The van der Waals surface area contributed by atoms with Gasteiger partial charge in [0.25, 0.3) is 0 Å². The van der Waals surface area contributed by atoms with Gasteiger partial charge < -0.3 is 0 Å². The van der Waals surface area contributed by atoms with Crippen molar-refractivity contribution in [3.8, 4) is 0 Å². The molecular formula is C20H26N2O2S. The number of nitrogens with zero attached hydrogens (tertiary/aromatic N) is 1. The highest BCUT2D eigenvalue weighted by Crippen LogP contribution is 2.17. The zero-order chi connectivity index (χ0) is 17.9. The SMILES string of the molecule is Cc1ccc(S(=O)(=O)NC2CCN(Cc3cccc(C)c3)CC2)cc1. The number of rotatable bonds is 5. The van der Waals surface area contributed by atoms with E-state index < -0.39 is 10.0 Å². The van der Waals surface area contributed by atoms with Crippen LogP contribution in [0.3, 0.4) is 0 Å². The fourth-order valence-corrected chi connectivity index (χ4v) is 4.59. The molecule has 0 radical (unpaired) electrons. The summed E-state index contributed by atoms with van der Waals surface area (Å²) in [6, 6.07) is 15.6. The van der Waals surface area contributed by atoms with Crippen molar-refractivity contribution in [1.82, 2.24) is 9.62 Å². The van der Waals surface area contributed by atoms with Gasteiger partial charge in [0.1, 0.15) is 0 Å². The summed E-state index contributed by atoms with van der Waals surface area (Å²) in [5.41, 5.74) is 3.65. The van der Waals surface area contributed by atoms with Gasteiger partial charge in [-0.2, -0.15) is 0 Å². The number of hydrogen-bond donors (Lipinski definition) is 1. The van der Waals surface area contributed by atoms with Crippen LogP contribution in [0.5, 0.6) is 0 Å². The van der Waals surface area contributed by atoms with E-state index in [1.807, 2.05) is 19.1 Å². The molecule has 5 heteroatoms. The Bertz CT molecular complexity index is 808. The number of nitrogens with one attached hydrogen (secondary N) is 1. The molecule has 25 heavy (non-hydrogen) atoms. The summed E-state index contributed by atoms with van der Waals surface area (Å²) in [6.45, 7) is 6.81. The Labute approximate surface area is 150 Å². The molecule has 0 spiro atoms. The zero-order valence-electron chi connectivity index (χ0n) is 14.9. The van der Waals surface area contributed by atoms with Gasteiger partial charge in [0.2, 0.25) is 10.0 Å². The van der Waals surface area contributed by atoms with Crippen molar-refractivity contribution < 1.29 is 8.42 Å². The topological polar surface area (TPSA) is 49.4 Å². The molecule has 0 amide bonds. The molecule has 1 fully saturated rings. The molecule has 1 aliphatic rings. The molecule has 0 unspecified atom stereocenters. The lowest BCUT2D eigenvalue weighted by Gasteiger charge is -2.32. The zero-order valence-corrected chi connectivity index (χ0v) is 15.7. The standard InChI is InChI=1S/C20H26N2O2S/c1-16-6-8-20(9-7-16)25(23,24)21-19-10-12-22(13-11-19)15-18-5-3-4-17(2)14-18/h3-9,14,19,21H,10-13,15H2,1-2H3. The van der Waals surface area contributed by atoms with Gasteiger partial charge in [0.05, 0.1) is 4.90 Å². The van der Waals surface area contributed by atoms with E-state index in [0.717, 1.165) is 38.0 Å². The Kier molecular flexibility index (Phi) is 5.57. The predicted octanol–water partition coefficient (Wildman–Crippen LogP) is 3.25. The summed E-state index contributed by atoms with van der Waals surface area (Å²) in [6.07, 6.45) is 1.69. The fourth-order valence-electron chi connectivity index (χ4n) is 3.28. The molecule has 3 rings (SSSR count). The van der Waals surface area contributed by atoms with Crippen LogP contribution < -0.4 is 4.72 Å². The fraction of sp³-hybridized carbons (Fsp3) is 0.400. The van der Waals surface area contributed by atoms with E-state index in [4.69, 9.17) is 0 Å². The number of sulfonamides is 1. The van der Waals surface area contributed by atoms with Crippen LogP contribution in [-0.2, 0) is 16.6 Å². The number of hydrogen-bond acceptors (Lipinski definition) is 3. The third-order valence-electron chi connectivity index (χ3n) is 4.73. The third-order valence-corrected chi connectivity index (χ3v) is 6.27. The Hall–Kier alpha value is -1.69. The van der Waals surface area contributed by atoms with Crippen LogP contribution >= 0.6 is 0 Å². The van der Waals surface area contributed by atoms with Crippen molar-refractivity contribution >= 4 is 10.0 Å². The Morgan fingerprint density at radius 2 is 1.68 bits per heavy atom. The van der Waals surface area contributed by atoms with Crippen molar-refractivity contribution in [3.63, 3.8) is 0 Å². The van der Waals surface area contributed by atoms with E-state index in [1.165, 1.54) is 11.1 Å². The second-order valence-corrected chi connectivity index (χ2v) is 8.69. The molecule has 0 bridgehead atoms. The molecule has 1 N–H and O–H groups in total. The van der Waals surface area contributed by atoms with Crippen molar-refractivity contribution in [1.29, 1.82) is 0 Å². The predicted molar refractivity (Wildman–Crippen MR) is 101 cm³/mol.